The Morgan fingerprint density at radius 3 is 2.19 bits per heavy atom. The standard InChI is InChI=1S/C27H30FN3O5S/c1-4-29-27(33)20(2)30(18-21-14-16-22(36-3)17-15-21)26(32)19-31(25-13-9-8-12-24(25)28)37(34,35)23-10-6-5-7-11-23/h5-17,20H,4,18-19H2,1-3H3,(H,29,33)/t20-/m0/s1. The molecule has 3 rings (SSSR count). The van der Waals surface area contributed by atoms with Gasteiger partial charge < -0.3 is 15.0 Å². The highest BCUT2D eigenvalue weighted by Crippen LogP contribution is 2.27. The molecule has 0 saturated heterocycles. The van der Waals surface area contributed by atoms with Crippen LogP contribution in [0.25, 0.3) is 0 Å². The molecule has 0 aromatic heterocycles. The summed E-state index contributed by atoms with van der Waals surface area (Å²) >= 11 is 0. The molecule has 0 heterocycles. The second-order valence-electron chi connectivity index (χ2n) is 8.22. The average molecular weight is 528 g/mol. The number of hydrogen-bond acceptors (Lipinski definition) is 5. The number of para-hydroxylation sites is 1. The van der Waals surface area contributed by atoms with Gasteiger partial charge in [0.25, 0.3) is 10.0 Å². The molecule has 8 nitrogen and oxygen atoms in total. The third kappa shape index (κ3) is 6.65. The van der Waals surface area contributed by atoms with Gasteiger partial charge in [-0.1, -0.05) is 42.5 Å². The van der Waals surface area contributed by atoms with Crippen LogP contribution in [0.5, 0.6) is 5.75 Å². The summed E-state index contributed by atoms with van der Waals surface area (Å²) in [6, 6.07) is 18.9. The molecular weight excluding hydrogens is 497 g/mol. The molecule has 0 aliphatic heterocycles. The van der Waals surface area contributed by atoms with Gasteiger partial charge in [0, 0.05) is 13.1 Å². The molecule has 0 fully saturated rings. The Hall–Kier alpha value is -3.92. The monoisotopic (exact) mass is 527 g/mol. The summed E-state index contributed by atoms with van der Waals surface area (Å²) in [6.45, 7) is 2.99. The van der Waals surface area contributed by atoms with Crippen molar-refractivity contribution in [1.29, 1.82) is 0 Å². The van der Waals surface area contributed by atoms with E-state index < -0.39 is 40.2 Å². The summed E-state index contributed by atoms with van der Waals surface area (Å²) in [4.78, 5) is 27.6. The topological polar surface area (TPSA) is 96.0 Å². The lowest BCUT2D eigenvalue weighted by atomic mass is 10.1. The Morgan fingerprint density at radius 2 is 1.59 bits per heavy atom. The summed E-state index contributed by atoms with van der Waals surface area (Å²) < 4.78 is 47.9. The first-order chi connectivity index (χ1) is 17.7. The molecule has 0 unspecified atom stereocenters. The number of rotatable bonds is 11. The van der Waals surface area contributed by atoms with Crippen molar-refractivity contribution in [3.63, 3.8) is 0 Å². The minimum Gasteiger partial charge on any atom is -0.497 e. The molecule has 0 radical (unpaired) electrons. The number of likely N-dealkylation sites (N-methyl/N-ethyl adjacent to an activating group) is 1. The van der Waals surface area contributed by atoms with Crippen molar-refractivity contribution in [3.8, 4) is 5.75 Å². The van der Waals surface area contributed by atoms with Gasteiger partial charge in [0.15, 0.2) is 0 Å². The zero-order valence-electron chi connectivity index (χ0n) is 20.9. The van der Waals surface area contributed by atoms with E-state index in [0.717, 1.165) is 10.4 Å². The van der Waals surface area contributed by atoms with Crippen LogP contribution in [0.3, 0.4) is 0 Å². The summed E-state index contributed by atoms with van der Waals surface area (Å²) in [5.41, 5.74) is 0.434. The number of carbonyl (C=O) groups is 2. The number of carbonyl (C=O) groups excluding carboxylic acids is 2. The van der Waals surface area contributed by atoms with Crippen LogP contribution in [-0.2, 0) is 26.2 Å². The first kappa shape index (κ1) is 27.7. The van der Waals surface area contributed by atoms with Crippen molar-refractivity contribution in [3.05, 3.63) is 90.2 Å². The number of hydrogen-bond donors (Lipinski definition) is 1. The summed E-state index contributed by atoms with van der Waals surface area (Å²) in [7, 11) is -2.78. The van der Waals surface area contributed by atoms with Crippen LogP contribution in [0.2, 0.25) is 0 Å². The fraction of sp³-hybridized carbons (Fsp3) is 0.259. The molecule has 2 amide bonds. The van der Waals surface area contributed by atoms with Crippen molar-refractivity contribution < 1.29 is 27.1 Å². The van der Waals surface area contributed by atoms with Crippen LogP contribution in [0.1, 0.15) is 19.4 Å². The van der Waals surface area contributed by atoms with Crippen molar-refractivity contribution in [2.45, 2.75) is 31.3 Å². The van der Waals surface area contributed by atoms with Crippen LogP contribution in [0, 0.1) is 5.82 Å². The van der Waals surface area contributed by atoms with E-state index in [2.05, 4.69) is 5.32 Å². The van der Waals surface area contributed by atoms with E-state index in [4.69, 9.17) is 4.74 Å². The number of benzene rings is 3. The molecule has 0 spiro atoms. The molecule has 37 heavy (non-hydrogen) atoms. The predicted molar refractivity (Wildman–Crippen MR) is 139 cm³/mol. The van der Waals surface area contributed by atoms with Gasteiger partial charge in [-0.05, 0) is 55.8 Å². The molecule has 3 aromatic rings. The van der Waals surface area contributed by atoms with Gasteiger partial charge in [0.05, 0.1) is 17.7 Å². The summed E-state index contributed by atoms with van der Waals surface area (Å²) in [6.07, 6.45) is 0. The minimum atomic E-state index is -4.31. The SMILES string of the molecule is CCNC(=O)[C@H](C)N(Cc1ccc(OC)cc1)C(=O)CN(c1ccccc1F)S(=O)(=O)c1ccccc1. The van der Waals surface area contributed by atoms with E-state index in [-0.39, 0.29) is 17.1 Å². The Balaban J connectivity index is 2.01. The van der Waals surface area contributed by atoms with E-state index in [1.165, 1.54) is 42.3 Å². The highest BCUT2D eigenvalue weighted by molar-refractivity contribution is 7.92. The fourth-order valence-corrected chi connectivity index (χ4v) is 5.16. The number of nitrogens with one attached hydrogen (secondary N) is 1. The summed E-state index contributed by atoms with van der Waals surface area (Å²) in [5.74, 6) is -1.24. The third-order valence-electron chi connectivity index (χ3n) is 5.76. The van der Waals surface area contributed by atoms with Crippen molar-refractivity contribution in [2.24, 2.45) is 0 Å². The number of anilines is 1. The van der Waals surface area contributed by atoms with Gasteiger partial charge in [-0.3, -0.25) is 13.9 Å². The molecule has 1 N–H and O–H groups in total. The molecule has 0 saturated carbocycles. The number of methoxy groups -OCH3 is 1. The van der Waals surface area contributed by atoms with Crippen LogP contribution < -0.4 is 14.4 Å². The lowest BCUT2D eigenvalue weighted by Gasteiger charge is -2.32. The van der Waals surface area contributed by atoms with Crippen LogP contribution in [0.15, 0.2) is 83.8 Å². The van der Waals surface area contributed by atoms with Crippen molar-refractivity contribution >= 4 is 27.5 Å². The van der Waals surface area contributed by atoms with Gasteiger partial charge in [-0.2, -0.15) is 0 Å². The van der Waals surface area contributed by atoms with Gasteiger partial charge in [0.1, 0.15) is 24.2 Å². The highest BCUT2D eigenvalue weighted by atomic mass is 32.2. The molecule has 0 aliphatic rings. The molecular formula is C27H30FN3O5S. The number of nitrogens with zero attached hydrogens (tertiary/aromatic N) is 2. The van der Waals surface area contributed by atoms with Crippen LogP contribution in [-0.4, -0.2) is 51.4 Å². The zero-order chi connectivity index (χ0) is 27.0. The van der Waals surface area contributed by atoms with Crippen LogP contribution >= 0.6 is 0 Å². The number of sulfonamides is 1. The van der Waals surface area contributed by atoms with Crippen molar-refractivity contribution in [1.82, 2.24) is 10.2 Å². The number of ether oxygens (including phenoxy) is 1. The molecule has 1 atom stereocenters. The lowest BCUT2D eigenvalue weighted by molar-refractivity contribution is -0.139. The fourth-order valence-electron chi connectivity index (χ4n) is 3.72. The molecule has 0 aliphatic carbocycles. The quantitative estimate of drug-likeness (QED) is 0.411. The highest BCUT2D eigenvalue weighted by Gasteiger charge is 2.33. The maximum Gasteiger partial charge on any atom is 0.264 e. The predicted octanol–water partition coefficient (Wildman–Crippen LogP) is 3.58. The molecule has 3 aromatic carbocycles. The molecule has 10 heteroatoms. The Bertz CT molecular complexity index is 1320. The third-order valence-corrected chi connectivity index (χ3v) is 7.54. The largest absolute Gasteiger partial charge is 0.497 e. The Morgan fingerprint density at radius 1 is 0.973 bits per heavy atom. The smallest absolute Gasteiger partial charge is 0.264 e. The van der Waals surface area contributed by atoms with Crippen molar-refractivity contribution in [2.75, 3.05) is 24.5 Å². The van der Waals surface area contributed by atoms with E-state index in [0.29, 0.717) is 17.9 Å². The molecule has 196 valence electrons. The van der Waals surface area contributed by atoms with Gasteiger partial charge in [0.2, 0.25) is 11.8 Å². The van der Waals surface area contributed by atoms with Gasteiger partial charge in [-0.25, -0.2) is 12.8 Å². The van der Waals surface area contributed by atoms with Gasteiger partial charge >= 0.3 is 0 Å². The minimum absolute atomic E-state index is 0.0254. The first-order valence-electron chi connectivity index (χ1n) is 11.7. The first-order valence-corrected chi connectivity index (χ1v) is 13.2. The second-order valence-corrected chi connectivity index (χ2v) is 10.1. The average Bonchev–Trinajstić information content (AvgIpc) is 2.91. The summed E-state index contributed by atoms with van der Waals surface area (Å²) in [5, 5.41) is 2.69. The van der Waals surface area contributed by atoms with E-state index in [9.17, 15) is 22.4 Å². The Labute approximate surface area is 216 Å². The maximum absolute atomic E-state index is 14.8. The lowest BCUT2D eigenvalue weighted by Crippen LogP contribution is -2.51. The zero-order valence-corrected chi connectivity index (χ0v) is 21.7. The second kappa shape index (κ2) is 12.4. The molecule has 0 bridgehead atoms. The van der Waals surface area contributed by atoms with Gasteiger partial charge in [-0.15, -0.1) is 0 Å². The normalized spacial score (nSPS) is 11.9. The van der Waals surface area contributed by atoms with E-state index in [1.807, 2.05) is 0 Å². The maximum atomic E-state index is 14.8. The van der Waals surface area contributed by atoms with E-state index in [1.54, 1.807) is 56.3 Å². The van der Waals surface area contributed by atoms with E-state index >= 15 is 0 Å². The number of halogens is 1. The Kier molecular flexibility index (Phi) is 9.24. The van der Waals surface area contributed by atoms with Crippen LogP contribution in [0.4, 0.5) is 10.1 Å². The number of amides is 2.